The predicted octanol–water partition coefficient (Wildman–Crippen LogP) is 0.431. The van der Waals surface area contributed by atoms with Gasteiger partial charge in [-0.1, -0.05) is 0 Å². The molecule has 0 spiro atoms. The standard InChI is InChI=1S/C9H10N4O/c1-12(2)9(14)8-6-7-4-3-5-10-13(7)11-8/h3-6H,1-2H3. The lowest BCUT2D eigenvalue weighted by Gasteiger charge is -2.05. The van der Waals surface area contributed by atoms with Crippen molar-refractivity contribution in [1.82, 2.24) is 19.7 Å². The first-order chi connectivity index (χ1) is 6.68. The van der Waals surface area contributed by atoms with Crippen molar-refractivity contribution in [2.45, 2.75) is 0 Å². The number of hydrogen-bond acceptors (Lipinski definition) is 3. The van der Waals surface area contributed by atoms with E-state index in [2.05, 4.69) is 10.2 Å². The first-order valence-corrected chi connectivity index (χ1v) is 4.21. The molecule has 5 heteroatoms. The predicted molar refractivity (Wildman–Crippen MR) is 51.0 cm³/mol. The fraction of sp³-hybridized carbons (Fsp3) is 0.222. The first kappa shape index (κ1) is 8.68. The molecule has 0 atom stereocenters. The van der Waals surface area contributed by atoms with Crippen molar-refractivity contribution in [1.29, 1.82) is 0 Å². The minimum atomic E-state index is -0.115. The Labute approximate surface area is 80.9 Å². The van der Waals surface area contributed by atoms with Gasteiger partial charge in [0.1, 0.15) is 0 Å². The number of aromatic nitrogens is 3. The molecule has 0 aliphatic carbocycles. The van der Waals surface area contributed by atoms with E-state index in [1.165, 1.54) is 9.53 Å². The van der Waals surface area contributed by atoms with Crippen LogP contribution in [0.5, 0.6) is 0 Å². The molecule has 0 saturated heterocycles. The topological polar surface area (TPSA) is 50.5 Å². The lowest BCUT2D eigenvalue weighted by atomic mass is 10.3. The Morgan fingerprint density at radius 3 is 2.93 bits per heavy atom. The number of rotatable bonds is 1. The molecule has 2 aromatic heterocycles. The van der Waals surface area contributed by atoms with Crippen LogP contribution in [0, 0.1) is 0 Å². The average Bonchev–Trinajstić information content (AvgIpc) is 2.59. The van der Waals surface area contributed by atoms with Crippen molar-refractivity contribution in [3.05, 3.63) is 30.1 Å². The maximum Gasteiger partial charge on any atom is 0.273 e. The van der Waals surface area contributed by atoms with Crippen LogP contribution >= 0.6 is 0 Å². The fourth-order valence-electron chi connectivity index (χ4n) is 1.17. The summed E-state index contributed by atoms with van der Waals surface area (Å²) in [4.78, 5) is 13.0. The molecule has 0 unspecified atom stereocenters. The Balaban J connectivity index is 2.50. The Morgan fingerprint density at radius 2 is 2.29 bits per heavy atom. The summed E-state index contributed by atoms with van der Waals surface area (Å²) >= 11 is 0. The Morgan fingerprint density at radius 1 is 1.50 bits per heavy atom. The maximum atomic E-state index is 11.5. The van der Waals surface area contributed by atoms with E-state index < -0.39 is 0 Å². The highest BCUT2D eigenvalue weighted by molar-refractivity contribution is 5.93. The van der Waals surface area contributed by atoms with E-state index in [9.17, 15) is 4.79 Å². The second kappa shape index (κ2) is 3.10. The van der Waals surface area contributed by atoms with Crippen LogP contribution < -0.4 is 0 Å². The number of nitrogens with zero attached hydrogens (tertiary/aromatic N) is 4. The van der Waals surface area contributed by atoms with Crippen LogP contribution in [0.4, 0.5) is 0 Å². The maximum absolute atomic E-state index is 11.5. The van der Waals surface area contributed by atoms with E-state index in [1.54, 1.807) is 32.4 Å². The van der Waals surface area contributed by atoms with Crippen LogP contribution in [0.2, 0.25) is 0 Å². The quantitative estimate of drug-likeness (QED) is 0.655. The van der Waals surface area contributed by atoms with Gasteiger partial charge in [-0.25, -0.2) is 0 Å². The van der Waals surface area contributed by atoms with Crippen LogP contribution in [-0.4, -0.2) is 39.7 Å². The minimum absolute atomic E-state index is 0.115. The summed E-state index contributed by atoms with van der Waals surface area (Å²) < 4.78 is 1.44. The van der Waals surface area contributed by atoms with Crippen LogP contribution in [0.1, 0.15) is 10.5 Å². The highest BCUT2D eigenvalue weighted by Gasteiger charge is 2.12. The monoisotopic (exact) mass is 190 g/mol. The highest BCUT2D eigenvalue weighted by atomic mass is 16.2. The molecule has 14 heavy (non-hydrogen) atoms. The first-order valence-electron chi connectivity index (χ1n) is 4.21. The molecule has 0 aliphatic rings. The second-order valence-electron chi connectivity index (χ2n) is 3.17. The molecule has 0 bridgehead atoms. The Bertz CT molecular complexity index is 441. The van der Waals surface area contributed by atoms with Crippen molar-refractivity contribution in [2.24, 2.45) is 0 Å². The zero-order valence-corrected chi connectivity index (χ0v) is 8.01. The average molecular weight is 190 g/mol. The SMILES string of the molecule is CN(C)C(=O)c1cc2cccnn2n1. The van der Waals surface area contributed by atoms with Crippen LogP contribution in [0.25, 0.3) is 5.52 Å². The molecule has 0 radical (unpaired) electrons. The number of carbonyl (C=O) groups is 1. The lowest BCUT2D eigenvalue weighted by Crippen LogP contribution is -2.22. The Hall–Kier alpha value is -1.91. The van der Waals surface area contributed by atoms with Gasteiger partial charge in [0.05, 0.1) is 5.52 Å². The summed E-state index contributed by atoms with van der Waals surface area (Å²) in [7, 11) is 3.39. The summed E-state index contributed by atoms with van der Waals surface area (Å²) in [6.07, 6.45) is 1.63. The molecule has 0 aromatic carbocycles. The summed E-state index contributed by atoms with van der Waals surface area (Å²) in [5.41, 5.74) is 1.23. The molecule has 0 N–H and O–H groups in total. The molecule has 1 amide bonds. The van der Waals surface area contributed by atoms with Crippen molar-refractivity contribution < 1.29 is 4.79 Å². The van der Waals surface area contributed by atoms with Crippen molar-refractivity contribution in [3.63, 3.8) is 0 Å². The van der Waals surface area contributed by atoms with E-state index in [0.29, 0.717) is 5.69 Å². The normalized spacial score (nSPS) is 10.4. The molecule has 72 valence electrons. The summed E-state index contributed by atoms with van der Waals surface area (Å²) in [6, 6.07) is 5.38. The second-order valence-corrected chi connectivity index (χ2v) is 3.17. The summed E-state index contributed by atoms with van der Waals surface area (Å²) in [5.74, 6) is -0.115. The largest absolute Gasteiger partial charge is 0.343 e. The molecule has 0 saturated carbocycles. The number of amides is 1. The van der Waals surface area contributed by atoms with Crippen molar-refractivity contribution >= 4 is 11.4 Å². The number of carbonyl (C=O) groups excluding carboxylic acids is 1. The van der Waals surface area contributed by atoms with E-state index in [4.69, 9.17) is 0 Å². The minimum Gasteiger partial charge on any atom is -0.343 e. The molecular weight excluding hydrogens is 180 g/mol. The molecule has 0 aliphatic heterocycles. The zero-order chi connectivity index (χ0) is 10.1. The number of fused-ring (bicyclic) bond motifs is 1. The van der Waals surface area contributed by atoms with Gasteiger partial charge in [-0.15, -0.1) is 5.10 Å². The molecular formula is C9H10N4O. The third-order valence-electron chi connectivity index (χ3n) is 1.87. The third-order valence-corrected chi connectivity index (χ3v) is 1.87. The van der Waals surface area contributed by atoms with E-state index >= 15 is 0 Å². The zero-order valence-electron chi connectivity index (χ0n) is 8.01. The van der Waals surface area contributed by atoms with Gasteiger partial charge in [0, 0.05) is 20.3 Å². The van der Waals surface area contributed by atoms with Gasteiger partial charge in [0.25, 0.3) is 5.91 Å². The van der Waals surface area contributed by atoms with Gasteiger partial charge in [-0.2, -0.15) is 9.73 Å². The van der Waals surface area contributed by atoms with Gasteiger partial charge in [-0.3, -0.25) is 4.79 Å². The molecule has 2 aromatic rings. The molecule has 0 fully saturated rings. The van der Waals surface area contributed by atoms with Gasteiger partial charge in [0.2, 0.25) is 0 Å². The van der Waals surface area contributed by atoms with Gasteiger partial charge in [0.15, 0.2) is 5.69 Å². The molecule has 5 nitrogen and oxygen atoms in total. The Kier molecular flexibility index (Phi) is 1.92. The van der Waals surface area contributed by atoms with E-state index in [0.717, 1.165) is 5.52 Å². The van der Waals surface area contributed by atoms with Gasteiger partial charge in [-0.05, 0) is 18.2 Å². The summed E-state index contributed by atoms with van der Waals surface area (Å²) in [5, 5.41) is 8.03. The number of hydrogen-bond donors (Lipinski definition) is 0. The van der Waals surface area contributed by atoms with E-state index in [1.807, 2.05) is 6.07 Å². The fourth-order valence-corrected chi connectivity index (χ4v) is 1.17. The van der Waals surface area contributed by atoms with Crippen molar-refractivity contribution in [2.75, 3.05) is 14.1 Å². The molecule has 2 rings (SSSR count). The van der Waals surface area contributed by atoms with Crippen molar-refractivity contribution in [3.8, 4) is 0 Å². The third kappa shape index (κ3) is 1.32. The van der Waals surface area contributed by atoms with Crippen LogP contribution in [0.15, 0.2) is 24.4 Å². The van der Waals surface area contributed by atoms with Gasteiger partial charge < -0.3 is 4.90 Å². The molecule has 2 heterocycles. The van der Waals surface area contributed by atoms with Crippen LogP contribution in [-0.2, 0) is 0 Å². The van der Waals surface area contributed by atoms with E-state index in [-0.39, 0.29) is 5.91 Å². The van der Waals surface area contributed by atoms with Gasteiger partial charge >= 0.3 is 0 Å². The highest BCUT2D eigenvalue weighted by Crippen LogP contribution is 2.05. The smallest absolute Gasteiger partial charge is 0.273 e. The lowest BCUT2D eigenvalue weighted by molar-refractivity contribution is 0.0821. The van der Waals surface area contributed by atoms with Crippen LogP contribution in [0.3, 0.4) is 0 Å². The summed E-state index contributed by atoms with van der Waals surface area (Å²) in [6.45, 7) is 0.